The second-order valence-electron chi connectivity index (χ2n) is 11.4. The van der Waals surface area contributed by atoms with Gasteiger partial charge in [0.1, 0.15) is 0 Å². The minimum atomic E-state index is 0.987. The SMILES string of the molecule is CCCCCCCCCCOCCCCCCCCCCCCCCOCCCCCCCCCC. The predicted octanol–water partition coefficient (Wildman–Crippen LogP) is 12.0. The van der Waals surface area contributed by atoms with Crippen LogP contribution in [0.25, 0.3) is 0 Å². The summed E-state index contributed by atoms with van der Waals surface area (Å²) in [4.78, 5) is 0. The van der Waals surface area contributed by atoms with Gasteiger partial charge in [-0.15, -0.1) is 0 Å². The lowest BCUT2D eigenvalue weighted by molar-refractivity contribution is 0.125. The number of unbranched alkanes of at least 4 members (excludes halogenated alkanes) is 25. The molecule has 36 heavy (non-hydrogen) atoms. The van der Waals surface area contributed by atoms with Gasteiger partial charge in [0.15, 0.2) is 0 Å². The molecule has 2 heteroatoms. The number of hydrogen-bond donors (Lipinski definition) is 0. The molecular weight excluding hydrogens is 440 g/mol. The minimum Gasteiger partial charge on any atom is -0.381 e. The lowest BCUT2D eigenvalue weighted by atomic mass is 10.1. The Hall–Kier alpha value is -0.0800. The van der Waals surface area contributed by atoms with E-state index in [0.29, 0.717) is 0 Å². The van der Waals surface area contributed by atoms with E-state index in [1.807, 2.05) is 0 Å². The van der Waals surface area contributed by atoms with Gasteiger partial charge in [-0.05, 0) is 25.7 Å². The summed E-state index contributed by atoms with van der Waals surface area (Å²) in [5.74, 6) is 0. The molecule has 0 spiro atoms. The van der Waals surface area contributed by atoms with Gasteiger partial charge < -0.3 is 9.47 Å². The summed E-state index contributed by atoms with van der Waals surface area (Å²) >= 11 is 0. The summed E-state index contributed by atoms with van der Waals surface area (Å²) in [5, 5.41) is 0. The fourth-order valence-electron chi connectivity index (χ4n) is 5.06. The van der Waals surface area contributed by atoms with Gasteiger partial charge in [0, 0.05) is 26.4 Å². The Labute approximate surface area is 229 Å². The second-order valence-corrected chi connectivity index (χ2v) is 11.4. The van der Waals surface area contributed by atoms with Gasteiger partial charge in [-0.3, -0.25) is 0 Å². The highest BCUT2D eigenvalue weighted by molar-refractivity contribution is 4.50. The van der Waals surface area contributed by atoms with Crippen molar-refractivity contribution < 1.29 is 9.47 Å². The van der Waals surface area contributed by atoms with Gasteiger partial charge in [0.25, 0.3) is 0 Å². The van der Waals surface area contributed by atoms with E-state index in [9.17, 15) is 0 Å². The normalized spacial score (nSPS) is 11.5. The summed E-state index contributed by atoms with van der Waals surface area (Å²) < 4.78 is 11.6. The summed E-state index contributed by atoms with van der Waals surface area (Å²) in [7, 11) is 0. The lowest BCUT2D eigenvalue weighted by Gasteiger charge is -2.06. The number of hydrogen-bond acceptors (Lipinski definition) is 2. The van der Waals surface area contributed by atoms with Crippen LogP contribution in [-0.4, -0.2) is 26.4 Å². The highest BCUT2D eigenvalue weighted by Gasteiger charge is 1.97. The molecule has 0 aliphatic heterocycles. The molecule has 0 aromatic heterocycles. The van der Waals surface area contributed by atoms with E-state index in [4.69, 9.17) is 9.47 Å². The Morgan fingerprint density at radius 3 is 0.583 bits per heavy atom. The Morgan fingerprint density at radius 2 is 0.389 bits per heavy atom. The molecule has 0 radical (unpaired) electrons. The first-order valence-electron chi connectivity index (χ1n) is 17.1. The summed E-state index contributed by atoms with van der Waals surface area (Å²) in [6.45, 7) is 8.53. The van der Waals surface area contributed by atoms with E-state index in [2.05, 4.69) is 13.8 Å². The smallest absolute Gasteiger partial charge is 0.0466 e. The molecule has 0 aromatic rings. The summed E-state index contributed by atoms with van der Waals surface area (Å²) in [6, 6.07) is 0. The molecule has 0 aromatic carbocycles. The van der Waals surface area contributed by atoms with Crippen LogP contribution in [0.2, 0.25) is 0 Å². The Balaban J connectivity index is 3.00. The zero-order valence-corrected chi connectivity index (χ0v) is 25.4. The molecule has 0 rings (SSSR count). The molecule has 0 N–H and O–H groups in total. The maximum atomic E-state index is 5.82. The standard InChI is InChI=1S/C34H70O2/c1-3-5-7-9-11-19-23-27-31-35-33-29-25-21-17-15-13-14-16-18-22-26-30-34-36-32-28-24-20-12-10-8-6-4-2/h3-34H2,1-2H3. The van der Waals surface area contributed by atoms with Crippen LogP contribution < -0.4 is 0 Å². The Morgan fingerprint density at radius 1 is 0.222 bits per heavy atom. The van der Waals surface area contributed by atoms with Crippen LogP contribution in [0, 0.1) is 0 Å². The van der Waals surface area contributed by atoms with Crippen LogP contribution in [0.3, 0.4) is 0 Å². The topological polar surface area (TPSA) is 18.5 Å². The second kappa shape index (κ2) is 34.9. The maximum absolute atomic E-state index is 5.82. The zero-order chi connectivity index (χ0) is 26.0. The van der Waals surface area contributed by atoms with Gasteiger partial charge in [-0.1, -0.05) is 168 Å². The van der Waals surface area contributed by atoms with Crippen LogP contribution in [0.15, 0.2) is 0 Å². The molecule has 2 nitrogen and oxygen atoms in total. The molecule has 0 unspecified atom stereocenters. The molecule has 0 amide bonds. The number of rotatable bonds is 33. The van der Waals surface area contributed by atoms with E-state index >= 15 is 0 Å². The van der Waals surface area contributed by atoms with E-state index in [1.165, 1.54) is 180 Å². The third kappa shape index (κ3) is 33.9. The van der Waals surface area contributed by atoms with Crippen molar-refractivity contribution in [3.8, 4) is 0 Å². The van der Waals surface area contributed by atoms with Crippen LogP contribution in [0.5, 0.6) is 0 Å². The monoisotopic (exact) mass is 511 g/mol. The van der Waals surface area contributed by atoms with Gasteiger partial charge in [-0.2, -0.15) is 0 Å². The van der Waals surface area contributed by atoms with Crippen LogP contribution >= 0.6 is 0 Å². The Bertz CT molecular complexity index is 323. The van der Waals surface area contributed by atoms with Crippen molar-refractivity contribution in [2.24, 2.45) is 0 Å². The van der Waals surface area contributed by atoms with Crippen molar-refractivity contribution in [1.29, 1.82) is 0 Å². The van der Waals surface area contributed by atoms with Crippen molar-refractivity contribution in [2.45, 2.75) is 194 Å². The van der Waals surface area contributed by atoms with Gasteiger partial charge in [0.2, 0.25) is 0 Å². The molecule has 0 heterocycles. The fraction of sp³-hybridized carbons (Fsp3) is 1.00. The zero-order valence-electron chi connectivity index (χ0n) is 25.4. The Kier molecular flexibility index (Phi) is 34.8. The van der Waals surface area contributed by atoms with Gasteiger partial charge in [0.05, 0.1) is 0 Å². The average molecular weight is 511 g/mol. The molecule has 0 aliphatic carbocycles. The van der Waals surface area contributed by atoms with E-state index < -0.39 is 0 Å². The summed E-state index contributed by atoms with van der Waals surface area (Å²) in [6.07, 6.45) is 38.8. The highest BCUT2D eigenvalue weighted by Crippen LogP contribution is 2.13. The van der Waals surface area contributed by atoms with E-state index in [1.54, 1.807) is 0 Å². The molecule has 218 valence electrons. The van der Waals surface area contributed by atoms with Crippen LogP contribution in [0.4, 0.5) is 0 Å². The molecule has 0 aliphatic rings. The third-order valence-electron chi connectivity index (χ3n) is 7.61. The highest BCUT2D eigenvalue weighted by atomic mass is 16.5. The van der Waals surface area contributed by atoms with E-state index in [-0.39, 0.29) is 0 Å². The largest absolute Gasteiger partial charge is 0.381 e. The maximum Gasteiger partial charge on any atom is 0.0466 e. The molecule has 0 atom stereocenters. The first kappa shape index (κ1) is 35.9. The van der Waals surface area contributed by atoms with Crippen LogP contribution in [-0.2, 0) is 9.47 Å². The lowest BCUT2D eigenvalue weighted by Crippen LogP contribution is -1.97. The first-order valence-corrected chi connectivity index (χ1v) is 17.1. The van der Waals surface area contributed by atoms with Crippen molar-refractivity contribution in [2.75, 3.05) is 26.4 Å². The predicted molar refractivity (Wildman–Crippen MR) is 162 cm³/mol. The summed E-state index contributed by atoms with van der Waals surface area (Å²) in [5.41, 5.74) is 0. The minimum absolute atomic E-state index is 0.987. The van der Waals surface area contributed by atoms with Crippen molar-refractivity contribution in [3.63, 3.8) is 0 Å². The van der Waals surface area contributed by atoms with Crippen molar-refractivity contribution in [3.05, 3.63) is 0 Å². The van der Waals surface area contributed by atoms with Crippen LogP contribution in [0.1, 0.15) is 194 Å². The molecule has 0 bridgehead atoms. The molecule has 0 fully saturated rings. The molecular formula is C34H70O2. The molecule has 0 saturated heterocycles. The van der Waals surface area contributed by atoms with E-state index in [0.717, 1.165) is 26.4 Å². The third-order valence-corrected chi connectivity index (χ3v) is 7.61. The molecule has 0 saturated carbocycles. The number of ether oxygens (including phenoxy) is 2. The first-order chi connectivity index (χ1) is 17.9. The van der Waals surface area contributed by atoms with Gasteiger partial charge in [-0.25, -0.2) is 0 Å². The fourth-order valence-corrected chi connectivity index (χ4v) is 5.06. The quantitative estimate of drug-likeness (QED) is 0.0817. The van der Waals surface area contributed by atoms with Crippen molar-refractivity contribution in [1.82, 2.24) is 0 Å². The average Bonchev–Trinajstić information content (AvgIpc) is 2.89. The van der Waals surface area contributed by atoms with Gasteiger partial charge >= 0.3 is 0 Å². The van der Waals surface area contributed by atoms with Crippen molar-refractivity contribution >= 4 is 0 Å².